The van der Waals surface area contributed by atoms with Crippen LogP contribution in [0, 0.1) is 6.92 Å². The largest absolute Gasteiger partial charge is 0.508 e. The third-order valence-electron chi connectivity index (χ3n) is 3.59. The number of phenols is 1. The van der Waals surface area contributed by atoms with Gasteiger partial charge in [0.2, 0.25) is 0 Å². The molecule has 0 aromatic heterocycles. The van der Waals surface area contributed by atoms with Gasteiger partial charge in [-0.3, -0.25) is 0 Å². The second-order valence-corrected chi connectivity index (χ2v) is 5.53. The lowest BCUT2D eigenvalue weighted by atomic mass is 10.1. The van der Waals surface area contributed by atoms with Crippen molar-refractivity contribution in [3.05, 3.63) is 59.2 Å². The molecule has 5 nitrogen and oxygen atoms in total. The van der Waals surface area contributed by atoms with Crippen molar-refractivity contribution in [3.8, 4) is 11.5 Å². The SMILES string of the molecule is CCNC(=NCc1ccc(O)cc1)NCc1ccc(C)cc1OC. The maximum atomic E-state index is 9.33. The van der Waals surface area contributed by atoms with E-state index < -0.39 is 0 Å². The highest BCUT2D eigenvalue weighted by Crippen LogP contribution is 2.19. The van der Waals surface area contributed by atoms with Crippen molar-refractivity contribution in [2.45, 2.75) is 26.9 Å². The third-order valence-corrected chi connectivity index (χ3v) is 3.59. The number of aromatic hydroxyl groups is 1. The van der Waals surface area contributed by atoms with Crippen LogP contribution in [0.5, 0.6) is 11.5 Å². The number of nitrogens with zero attached hydrogens (tertiary/aromatic N) is 1. The Bertz CT molecular complexity index is 682. The standard InChI is InChI=1S/C19H25N3O2/c1-4-20-19(21-12-15-6-9-17(23)10-7-15)22-13-16-8-5-14(2)11-18(16)24-3/h5-11,23H,4,12-13H2,1-3H3,(H2,20,21,22). The van der Waals surface area contributed by atoms with Crippen molar-refractivity contribution < 1.29 is 9.84 Å². The minimum absolute atomic E-state index is 0.263. The van der Waals surface area contributed by atoms with Gasteiger partial charge in [0, 0.05) is 18.7 Å². The first-order valence-electron chi connectivity index (χ1n) is 8.06. The minimum Gasteiger partial charge on any atom is -0.508 e. The summed E-state index contributed by atoms with van der Waals surface area (Å²) in [6, 6.07) is 13.2. The molecule has 0 saturated heterocycles. The van der Waals surface area contributed by atoms with E-state index in [2.05, 4.69) is 27.8 Å². The van der Waals surface area contributed by atoms with Gasteiger partial charge >= 0.3 is 0 Å². The molecule has 0 saturated carbocycles. The molecule has 0 bridgehead atoms. The van der Waals surface area contributed by atoms with Crippen molar-refractivity contribution >= 4 is 5.96 Å². The summed E-state index contributed by atoms with van der Waals surface area (Å²) in [7, 11) is 1.68. The third kappa shape index (κ3) is 5.19. The molecule has 5 heteroatoms. The summed E-state index contributed by atoms with van der Waals surface area (Å²) in [6.07, 6.45) is 0. The second-order valence-electron chi connectivity index (χ2n) is 5.53. The Hall–Kier alpha value is -2.69. The molecule has 0 radical (unpaired) electrons. The summed E-state index contributed by atoms with van der Waals surface area (Å²) in [6.45, 7) is 6.03. The molecule has 0 amide bonds. The molecule has 128 valence electrons. The minimum atomic E-state index is 0.263. The van der Waals surface area contributed by atoms with Crippen LogP contribution in [0.1, 0.15) is 23.6 Å². The first-order valence-corrected chi connectivity index (χ1v) is 8.06. The van der Waals surface area contributed by atoms with Crippen LogP contribution in [0.2, 0.25) is 0 Å². The highest BCUT2D eigenvalue weighted by Gasteiger charge is 2.04. The summed E-state index contributed by atoms with van der Waals surface area (Å²) in [4.78, 5) is 4.57. The Kier molecular flexibility index (Phi) is 6.49. The van der Waals surface area contributed by atoms with Crippen molar-refractivity contribution in [2.24, 2.45) is 4.99 Å². The predicted octanol–water partition coefficient (Wildman–Crippen LogP) is 2.96. The predicted molar refractivity (Wildman–Crippen MR) is 97.5 cm³/mol. The number of hydrogen-bond donors (Lipinski definition) is 3. The maximum Gasteiger partial charge on any atom is 0.191 e. The quantitative estimate of drug-likeness (QED) is 0.564. The summed E-state index contributed by atoms with van der Waals surface area (Å²) in [5, 5.41) is 15.9. The van der Waals surface area contributed by atoms with Crippen LogP contribution < -0.4 is 15.4 Å². The molecule has 0 unspecified atom stereocenters. The maximum absolute atomic E-state index is 9.33. The summed E-state index contributed by atoms with van der Waals surface area (Å²) < 4.78 is 5.43. The molecule has 0 heterocycles. The molecule has 24 heavy (non-hydrogen) atoms. The number of nitrogens with one attached hydrogen (secondary N) is 2. The number of phenolic OH excluding ortho intramolecular Hbond substituents is 1. The first kappa shape index (κ1) is 17.7. The fourth-order valence-corrected chi connectivity index (χ4v) is 2.29. The molecule has 0 fully saturated rings. The molecule has 0 spiro atoms. The lowest BCUT2D eigenvalue weighted by Crippen LogP contribution is -2.36. The molecule has 0 aliphatic rings. The van der Waals surface area contributed by atoms with Crippen LogP contribution in [0.4, 0.5) is 0 Å². The van der Waals surface area contributed by atoms with E-state index in [1.807, 2.05) is 32.0 Å². The van der Waals surface area contributed by atoms with E-state index in [1.54, 1.807) is 19.2 Å². The zero-order valence-electron chi connectivity index (χ0n) is 14.5. The lowest BCUT2D eigenvalue weighted by Gasteiger charge is -2.14. The van der Waals surface area contributed by atoms with Gasteiger partial charge in [0.25, 0.3) is 0 Å². The lowest BCUT2D eigenvalue weighted by molar-refractivity contribution is 0.408. The van der Waals surface area contributed by atoms with Crippen LogP contribution in [-0.2, 0) is 13.1 Å². The normalized spacial score (nSPS) is 11.2. The molecular formula is C19H25N3O2. The van der Waals surface area contributed by atoms with Gasteiger partial charge in [-0.1, -0.05) is 24.3 Å². The molecule has 3 N–H and O–H groups in total. The van der Waals surface area contributed by atoms with Gasteiger partial charge in [0.15, 0.2) is 5.96 Å². The summed E-state index contributed by atoms with van der Waals surface area (Å²) >= 11 is 0. The highest BCUT2D eigenvalue weighted by atomic mass is 16.5. The van der Waals surface area contributed by atoms with Gasteiger partial charge in [-0.15, -0.1) is 0 Å². The number of guanidine groups is 1. The Balaban J connectivity index is 2.02. The topological polar surface area (TPSA) is 65.9 Å². The Morgan fingerprint density at radius 1 is 1.12 bits per heavy atom. The Morgan fingerprint density at radius 3 is 2.54 bits per heavy atom. The van der Waals surface area contributed by atoms with Gasteiger partial charge in [0.05, 0.1) is 13.7 Å². The summed E-state index contributed by atoms with van der Waals surface area (Å²) in [5.74, 6) is 1.88. The number of benzene rings is 2. The van der Waals surface area contributed by atoms with E-state index >= 15 is 0 Å². The molecule has 2 aromatic rings. The number of aliphatic imine (C=N–C) groups is 1. The molecule has 2 aromatic carbocycles. The van der Waals surface area contributed by atoms with E-state index in [0.717, 1.165) is 29.4 Å². The average molecular weight is 327 g/mol. The van der Waals surface area contributed by atoms with E-state index in [0.29, 0.717) is 13.1 Å². The number of hydrogen-bond acceptors (Lipinski definition) is 3. The zero-order chi connectivity index (χ0) is 17.4. The number of ether oxygens (including phenoxy) is 1. The highest BCUT2D eigenvalue weighted by molar-refractivity contribution is 5.79. The molecule has 2 rings (SSSR count). The monoisotopic (exact) mass is 327 g/mol. The van der Waals surface area contributed by atoms with Crippen molar-refractivity contribution in [1.29, 1.82) is 0 Å². The van der Waals surface area contributed by atoms with Crippen molar-refractivity contribution in [1.82, 2.24) is 10.6 Å². The number of methoxy groups -OCH3 is 1. The average Bonchev–Trinajstić information content (AvgIpc) is 2.59. The van der Waals surface area contributed by atoms with Gasteiger partial charge in [-0.2, -0.15) is 0 Å². The van der Waals surface area contributed by atoms with Gasteiger partial charge in [-0.25, -0.2) is 4.99 Å². The fourth-order valence-electron chi connectivity index (χ4n) is 2.29. The first-order chi connectivity index (χ1) is 11.6. The van der Waals surface area contributed by atoms with E-state index in [-0.39, 0.29) is 5.75 Å². The van der Waals surface area contributed by atoms with Gasteiger partial charge < -0.3 is 20.5 Å². The fraction of sp³-hybridized carbons (Fsp3) is 0.316. The van der Waals surface area contributed by atoms with E-state index in [1.165, 1.54) is 5.56 Å². The zero-order valence-corrected chi connectivity index (χ0v) is 14.5. The van der Waals surface area contributed by atoms with Gasteiger partial charge in [-0.05, 0) is 43.2 Å². The van der Waals surface area contributed by atoms with E-state index in [4.69, 9.17) is 4.74 Å². The molecular weight excluding hydrogens is 302 g/mol. The number of rotatable bonds is 6. The van der Waals surface area contributed by atoms with E-state index in [9.17, 15) is 5.11 Å². The van der Waals surface area contributed by atoms with Crippen molar-refractivity contribution in [3.63, 3.8) is 0 Å². The van der Waals surface area contributed by atoms with Crippen LogP contribution in [0.25, 0.3) is 0 Å². The Labute approximate surface area is 143 Å². The van der Waals surface area contributed by atoms with Crippen LogP contribution in [-0.4, -0.2) is 24.7 Å². The second kappa shape index (κ2) is 8.82. The Morgan fingerprint density at radius 2 is 1.88 bits per heavy atom. The molecule has 0 atom stereocenters. The smallest absolute Gasteiger partial charge is 0.191 e. The van der Waals surface area contributed by atoms with Crippen LogP contribution in [0.3, 0.4) is 0 Å². The molecule has 0 aliphatic heterocycles. The number of aryl methyl sites for hydroxylation is 1. The van der Waals surface area contributed by atoms with Crippen molar-refractivity contribution in [2.75, 3.05) is 13.7 Å². The molecule has 0 aliphatic carbocycles. The van der Waals surface area contributed by atoms with Crippen LogP contribution in [0.15, 0.2) is 47.5 Å². The van der Waals surface area contributed by atoms with Crippen LogP contribution >= 0.6 is 0 Å². The summed E-state index contributed by atoms with van der Waals surface area (Å²) in [5.41, 5.74) is 3.29. The van der Waals surface area contributed by atoms with Gasteiger partial charge in [0.1, 0.15) is 11.5 Å².